The van der Waals surface area contributed by atoms with Crippen molar-refractivity contribution in [3.05, 3.63) is 29.8 Å². The summed E-state index contributed by atoms with van der Waals surface area (Å²) in [5, 5.41) is 11.7. The van der Waals surface area contributed by atoms with E-state index in [9.17, 15) is 5.11 Å². The van der Waals surface area contributed by atoms with E-state index in [1.165, 1.54) is 0 Å². The molecule has 3 aliphatic heterocycles. The number of ether oxygens (including phenoxy) is 4. The zero-order valence-electron chi connectivity index (χ0n) is 14.9. The minimum atomic E-state index is -0.985. The largest absolute Gasteiger partial charge is 0.497 e. The van der Waals surface area contributed by atoms with Crippen molar-refractivity contribution in [2.45, 2.75) is 63.5 Å². The quantitative estimate of drug-likeness (QED) is 0.900. The minimum Gasteiger partial charge on any atom is -0.497 e. The summed E-state index contributed by atoms with van der Waals surface area (Å²) in [7, 11) is 1.64. The fourth-order valence-electron chi connectivity index (χ4n) is 4.77. The van der Waals surface area contributed by atoms with Gasteiger partial charge in [0.05, 0.1) is 24.9 Å². The molecule has 1 N–H and O–H groups in total. The van der Waals surface area contributed by atoms with Crippen LogP contribution in [0.4, 0.5) is 0 Å². The Kier molecular flexibility index (Phi) is 3.52. The molecular weight excluding hydrogens is 308 g/mol. The van der Waals surface area contributed by atoms with Crippen molar-refractivity contribution < 1.29 is 24.1 Å². The molecule has 24 heavy (non-hydrogen) atoms. The van der Waals surface area contributed by atoms with Crippen LogP contribution in [0.15, 0.2) is 24.3 Å². The molecule has 132 valence electrons. The smallest absolute Gasteiger partial charge is 0.164 e. The van der Waals surface area contributed by atoms with Gasteiger partial charge in [-0.05, 0) is 31.5 Å². The molecule has 0 spiro atoms. The van der Waals surface area contributed by atoms with Gasteiger partial charge in [-0.25, -0.2) is 0 Å². The lowest BCUT2D eigenvalue weighted by atomic mass is 9.69. The first-order valence-corrected chi connectivity index (χ1v) is 8.66. The van der Waals surface area contributed by atoms with E-state index in [1.54, 1.807) is 7.11 Å². The molecule has 0 saturated carbocycles. The van der Waals surface area contributed by atoms with E-state index in [2.05, 4.69) is 0 Å². The van der Waals surface area contributed by atoms with Crippen LogP contribution in [0.3, 0.4) is 0 Å². The third-order valence-electron chi connectivity index (χ3n) is 6.05. The van der Waals surface area contributed by atoms with Gasteiger partial charge in [0.25, 0.3) is 0 Å². The maximum absolute atomic E-state index is 11.7. The minimum absolute atomic E-state index is 0.107. The number of aliphatic hydroxyl groups is 1. The van der Waals surface area contributed by atoms with Crippen molar-refractivity contribution in [1.82, 2.24) is 0 Å². The van der Waals surface area contributed by atoms with Crippen molar-refractivity contribution >= 4 is 0 Å². The highest BCUT2D eigenvalue weighted by molar-refractivity contribution is 5.34. The highest BCUT2D eigenvalue weighted by Gasteiger charge is 2.66. The van der Waals surface area contributed by atoms with Crippen molar-refractivity contribution in [3.63, 3.8) is 0 Å². The number of methoxy groups -OCH3 is 1. The number of hydrogen-bond donors (Lipinski definition) is 1. The molecule has 1 unspecified atom stereocenters. The molecule has 7 atom stereocenters. The standard InChI is InChI=1S/C19H26O5/c1-10-14-16-17(24-18(3,4)23-16)15(22-14)11(2)19(10,20)12-6-8-13(21-5)9-7-12/h6-11,14-17,20H,1-5H3/t10-,11+,14-,15+,16-,17+,19?. The fourth-order valence-corrected chi connectivity index (χ4v) is 4.77. The van der Waals surface area contributed by atoms with E-state index >= 15 is 0 Å². The van der Waals surface area contributed by atoms with Crippen molar-refractivity contribution in [2.24, 2.45) is 11.8 Å². The molecule has 5 nitrogen and oxygen atoms in total. The Morgan fingerprint density at radius 1 is 0.917 bits per heavy atom. The Hall–Kier alpha value is -1.14. The zero-order valence-corrected chi connectivity index (χ0v) is 14.9. The third kappa shape index (κ3) is 2.08. The summed E-state index contributed by atoms with van der Waals surface area (Å²) in [5.41, 5.74) is -0.0954. The Labute approximate surface area is 142 Å². The first kappa shape index (κ1) is 16.3. The van der Waals surface area contributed by atoms with Crippen LogP contribution < -0.4 is 4.74 Å². The van der Waals surface area contributed by atoms with E-state index in [-0.39, 0.29) is 36.3 Å². The van der Waals surface area contributed by atoms with E-state index in [0.29, 0.717) is 0 Å². The van der Waals surface area contributed by atoms with Gasteiger partial charge in [-0.1, -0.05) is 26.0 Å². The van der Waals surface area contributed by atoms with Crippen LogP contribution >= 0.6 is 0 Å². The predicted molar refractivity (Wildman–Crippen MR) is 87.7 cm³/mol. The lowest BCUT2D eigenvalue weighted by molar-refractivity contribution is -0.252. The van der Waals surface area contributed by atoms with Crippen LogP contribution in [-0.4, -0.2) is 42.4 Å². The summed E-state index contributed by atoms with van der Waals surface area (Å²) in [5.74, 6) is -0.0257. The molecule has 0 amide bonds. The molecule has 3 heterocycles. The van der Waals surface area contributed by atoms with Crippen LogP contribution in [0, 0.1) is 11.8 Å². The van der Waals surface area contributed by atoms with E-state index in [1.807, 2.05) is 52.0 Å². The van der Waals surface area contributed by atoms with Crippen molar-refractivity contribution in [3.8, 4) is 5.75 Å². The Morgan fingerprint density at radius 2 is 1.42 bits per heavy atom. The van der Waals surface area contributed by atoms with Gasteiger partial charge in [0, 0.05) is 11.8 Å². The number of fused-ring (bicyclic) bond motifs is 5. The maximum atomic E-state index is 11.7. The lowest BCUT2D eigenvalue weighted by Gasteiger charge is -2.48. The monoisotopic (exact) mass is 334 g/mol. The van der Waals surface area contributed by atoms with Gasteiger partial charge in [-0.3, -0.25) is 0 Å². The highest BCUT2D eigenvalue weighted by Crippen LogP contribution is 2.55. The van der Waals surface area contributed by atoms with Gasteiger partial charge in [-0.2, -0.15) is 0 Å². The molecule has 1 aromatic rings. The maximum Gasteiger partial charge on any atom is 0.164 e. The highest BCUT2D eigenvalue weighted by atomic mass is 16.8. The van der Waals surface area contributed by atoms with E-state index < -0.39 is 11.4 Å². The predicted octanol–water partition coefficient (Wildman–Crippen LogP) is 2.46. The molecule has 0 radical (unpaired) electrons. The summed E-state index contributed by atoms with van der Waals surface area (Å²) in [4.78, 5) is 0. The summed E-state index contributed by atoms with van der Waals surface area (Å²) in [6.07, 6.45) is -0.611. The molecule has 3 saturated heterocycles. The van der Waals surface area contributed by atoms with Crippen molar-refractivity contribution in [2.75, 3.05) is 7.11 Å². The Balaban J connectivity index is 1.71. The van der Waals surface area contributed by atoms with Crippen LogP contribution in [-0.2, 0) is 19.8 Å². The second-order valence-corrected chi connectivity index (χ2v) is 7.76. The van der Waals surface area contributed by atoms with E-state index in [4.69, 9.17) is 18.9 Å². The topological polar surface area (TPSA) is 57.2 Å². The molecule has 1 aromatic carbocycles. The van der Waals surface area contributed by atoms with Crippen LogP contribution in [0.1, 0.15) is 33.3 Å². The molecule has 4 rings (SSSR count). The van der Waals surface area contributed by atoms with Gasteiger partial charge >= 0.3 is 0 Å². The molecular formula is C19H26O5. The second kappa shape index (κ2) is 5.18. The van der Waals surface area contributed by atoms with Gasteiger partial charge in [0.15, 0.2) is 5.79 Å². The average molecular weight is 334 g/mol. The average Bonchev–Trinajstić information content (AvgIpc) is 3.03. The summed E-state index contributed by atoms with van der Waals surface area (Å²) in [6.45, 7) is 7.95. The number of hydrogen-bond acceptors (Lipinski definition) is 5. The molecule has 5 heteroatoms. The van der Waals surface area contributed by atoms with Crippen LogP contribution in [0.2, 0.25) is 0 Å². The fraction of sp³-hybridized carbons (Fsp3) is 0.684. The second-order valence-electron chi connectivity index (χ2n) is 7.76. The molecule has 2 bridgehead atoms. The third-order valence-corrected chi connectivity index (χ3v) is 6.05. The molecule has 0 aromatic heterocycles. The number of benzene rings is 1. The zero-order chi connectivity index (χ0) is 17.3. The van der Waals surface area contributed by atoms with Crippen molar-refractivity contribution in [1.29, 1.82) is 0 Å². The summed E-state index contributed by atoms with van der Waals surface area (Å²) >= 11 is 0. The summed E-state index contributed by atoms with van der Waals surface area (Å²) in [6, 6.07) is 7.66. The van der Waals surface area contributed by atoms with Crippen LogP contribution in [0.25, 0.3) is 0 Å². The molecule has 0 aliphatic carbocycles. The van der Waals surface area contributed by atoms with Gasteiger partial charge in [-0.15, -0.1) is 0 Å². The Morgan fingerprint density at radius 3 is 1.88 bits per heavy atom. The SMILES string of the molecule is COc1ccc(C2(O)[C@H](C)[C@H]3O[C@H]([C@@H]4OC(C)(C)O[C@@H]43)[C@@H]2C)cc1. The van der Waals surface area contributed by atoms with Gasteiger partial charge in [0.2, 0.25) is 0 Å². The van der Waals surface area contributed by atoms with Gasteiger partial charge < -0.3 is 24.1 Å². The Bertz CT molecular complexity index is 599. The molecule has 3 aliphatic rings. The van der Waals surface area contributed by atoms with E-state index in [0.717, 1.165) is 11.3 Å². The number of rotatable bonds is 2. The van der Waals surface area contributed by atoms with Crippen LogP contribution in [0.5, 0.6) is 5.75 Å². The first-order valence-electron chi connectivity index (χ1n) is 8.66. The first-order chi connectivity index (χ1) is 11.3. The lowest BCUT2D eigenvalue weighted by Crippen LogP contribution is -2.55. The van der Waals surface area contributed by atoms with Gasteiger partial charge in [0.1, 0.15) is 18.0 Å². The molecule has 3 fully saturated rings. The normalized spacial score (nSPS) is 45.9. The summed E-state index contributed by atoms with van der Waals surface area (Å²) < 4.78 is 23.6.